The van der Waals surface area contributed by atoms with Gasteiger partial charge in [-0.25, -0.2) is 13.9 Å². The summed E-state index contributed by atoms with van der Waals surface area (Å²) in [6, 6.07) is 0. The number of hydroxylamine groups is 1. The second-order valence-electron chi connectivity index (χ2n) is 3.90. The Morgan fingerprint density at radius 2 is 1.67 bits per heavy atom. The molecule has 2 unspecified atom stereocenters. The number of carbonyl (C=O) groups is 2. The van der Waals surface area contributed by atoms with Gasteiger partial charge in [0.05, 0.1) is 5.75 Å². The molecule has 0 aliphatic carbocycles. The summed E-state index contributed by atoms with van der Waals surface area (Å²) in [4.78, 5) is 22.8. The summed E-state index contributed by atoms with van der Waals surface area (Å²) in [6.07, 6.45) is 0. The highest BCUT2D eigenvalue weighted by molar-refractivity contribution is 7.89. The molecule has 8 nitrogen and oxygen atoms in total. The van der Waals surface area contributed by atoms with Crippen molar-refractivity contribution in [3.8, 4) is 0 Å². The van der Waals surface area contributed by atoms with E-state index in [4.69, 9.17) is 5.21 Å². The zero-order valence-electron chi connectivity index (χ0n) is 10.8. The maximum atomic E-state index is 11.7. The van der Waals surface area contributed by atoms with Crippen molar-refractivity contribution in [1.82, 2.24) is 15.3 Å². The largest absolute Gasteiger partial charge is 0.289 e. The van der Waals surface area contributed by atoms with Crippen LogP contribution in [0.25, 0.3) is 0 Å². The highest BCUT2D eigenvalue weighted by atomic mass is 32.2. The normalized spacial score (nSPS) is 15.0. The second-order valence-corrected chi connectivity index (χ2v) is 6.19. The number of hydrogen-bond acceptors (Lipinski definition) is 5. The summed E-state index contributed by atoms with van der Waals surface area (Å²) in [5.41, 5.74) is 3.62. The van der Waals surface area contributed by atoms with Gasteiger partial charge < -0.3 is 0 Å². The topological polar surface area (TPSA) is 116 Å². The molecule has 0 aliphatic rings. The van der Waals surface area contributed by atoms with E-state index in [0.717, 1.165) is 4.41 Å². The zero-order valence-corrected chi connectivity index (χ0v) is 11.6. The quantitative estimate of drug-likeness (QED) is 0.430. The zero-order chi connectivity index (χ0) is 14.5. The van der Waals surface area contributed by atoms with Crippen molar-refractivity contribution in [3.63, 3.8) is 0 Å². The Labute approximate surface area is 106 Å². The number of carbonyl (C=O) groups excluding carboxylic acids is 2. The third-order valence-corrected chi connectivity index (χ3v) is 4.39. The molecule has 0 saturated carbocycles. The maximum Gasteiger partial charge on any atom is 0.246 e. The van der Waals surface area contributed by atoms with Crippen LogP contribution in [0.5, 0.6) is 0 Å². The summed E-state index contributed by atoms with van der Waals surface area (Å²) in [6.45, 7) is 4.36. The molecule has 0 radical (unpaired) electrons. The number of nitrogens with zero attached hydrogens (tertiary/aromatic N) is 1. The van der Waals surface area contributed by atoms with Crippen LogP contribution in [-0.4, -0.2) is 42.7 Å². The molecule has 2 amide bonds. The van der Waals surface area contributed by atoms with Crippen LogP contribution in [-0.2, 0) is 19.6 Å². The Bertz CT molecular complexity index is 408. The molecule has 18 heavy (non-hydrogen) atoms. The molecule has 0 heterocycles. The first kappa shape index (κ1) is 16.8. The van der Waals surface area contributed by atoms with E-state index in [0.29, 0.717) is 0 Å². The molecule has 106 valence electrons. The van der Waals surface area contributed by atoms with Crippen molar-refractivity contribution in [2.24, 2.45) is 11.8 Å². The van der Waals surface area contributed by atoms with Gasteiger partial charge in [-0.3, -0.25) is 20.2 Å². The van der Waals surface area contributed by atoms with Crippen LogP contribution in [0.4, 0.5) is 0 Å². The highest BCUT2D eigenvalue weighted by Crippen LogP contribution is 2.11. The number of amides is 2. The van der Waals surface area contributed by atoms with Gasteiger partial charge in [-0.15, -0.1) is 4.41 Å². The van der Waals surface area contributed by atoms with Crippen molar-refractivity contribution < 1.29 is 23.2 Å². The van der Waals surface area contributed by atoms with Gasteiger partial charge in [0.1, 0.15) is 0 Å². The number of hydrogen-bond donors (Lipinski definition) is 3. The minimum atomic E-state index is -3.53. The van der Waals surface area contributed by atoms with Crippen molar-refractivity contribution >= 4 is 21.8 Å². The van der Waals surface area contributed by atoms with Crippen LogP contribution in [0.1, 0.15) is 20.8 Å². The summed E-state index contributed by atoms with van der Waals surface area (Å²) < 4.78 is 23.5. The van der Waals surface area contributed by atoms with E-state index in [-0.39, 0.29) is 5.75 Å². The van der Waals surface area contributed by atoms with Gasteiger partial charge >= 0.3 is 0 Å². The molecular weight excluding hydrogens is 262 g/mol. The van der Waals surface area contributed by atoms with E-state index < -0.39 is 33.7 Å². The molecule has 2 atom stereocenters. The van der Waals surface area contributed by atoms with Crippen molar-refractivity contribution in [2.75, 3.05) is 12.8 Å². The van der Waals surface area contributed by atoms with Gasteiger partial charge in [0.25, 0.3) is 0 Å². The molecule has 3 N–H and O–H groups in total. The van der Waals surface area contributed by atoms with Gasteiger partial charge in [0, 0.05) is 18.9 Å². The first-order chi connectivity index (χ1) is 8.17. The Hall–Kier alpha value is -1.19. The molecular formula is C9H19N3O5S. The van der Waals surface area contributed by atoms with Crippen LogP contribution < -0.4 is 10.9 Å². The van der Waals surface area contributed by atoms with E-state index in [1.54, 1.807) is 0 Å². The molecule has 0 aliphatic heterocycles. The third-order valence-electron chi connectivity index (χ3n) is 2.74. The average Bonchev–Trinajstić information content (AvgIpc) is 2.35. The van der Waals surface area contributed by atoms with Crippen molar-refractivity contribution in [2.45, 2.75) is 20.8 Å². The number of sulfonamides is 1. The monoisotopic (exact) mass is 281 g/mol. The van der Waals surface area contributed by atoms with Crippen LogP contribution >= 0.6 is 0 Å². The molecule has 0 aromatic carbocycles. The SMILES string of the molecule is CCS(=O)(=O)N(C)NC(=O)C(C)C(C)C(=O)NO. The summed E-state index contributed by atoms with van der Waals surface area (Å²) in [5.74, 6) is -3.05. The van der Waals surface area contributed by atoms with E-state index in [1.165, 1.54) is 33.3 Å². The first-order valence-electron chi connectivity index (χ1n) is 5.38. The predicted molar refractivity (Wildman–Crippen MR) is 63.6 cm³/mol. The molecule has 0 rings (SSSR count). The fourth-order valence-corrected chi connectivity index (χ4v) is 1.69. The van der Waals surface area contributed by atoms with Gasteiger partial charge in [-0.05, 0) is 6.92 Å². The minimum absolute atomic E-state index is 0.148. The Kier molecular flexibility index (Phi) is 6.22. The summed E-state index contributed by atoms with van der Waals surface area (Å²) in [5, 5.41) is 8.45. The van der Waals surface area contributed by atoms with Gasteiger partial charge in [-0.1, -0.05) is 13.8 Å². The van der Waals surface area contributed by atoms with E-state index in [1.807, 2.05) is 0 Å². The van der Waals surface area contributed by atoms with Gasteiger partial charge in [0.2, 0.25) is 21.8 Å². The lowest BCUT2D eigenvalue weighted by atomic mass is 9.95. The summed E-state index contributed by atoms with van der Waals surface area (Å²) in [7, 11) is -2.32. The van der Waals surface area contributed by atoms with E-state index in [2.05, 4.69) is 5.43 Å². The number of rotatable bonds is 6. The Balaban J connectivity index is 4.64. The van der Waals surface area contributed by atoms with E-state index in [9.17, 15) is 18.0 Å². The highest BCUT2D eigenvalue weighted by Gasteiger charge is 2.28. The average molecular weight is 281 g/mol. The molecule has 0 spiro atoms. The minimum Gasteiger partial charge on any atom is -0.289 e. The standard InChI is InChI=1S/C9H19N3O5S/c1-5-18(16,17)12(4)10-8(13)6(2)7(3)9(14)11-15/h6-7,15H,5H2,1-4H3,(H,10,13)(H,11,14). The van der Waals surface area contributed by atoms with Crippen molar-refractivity contribution in [3.05, 3.63) is 0 Å². The number of hydrazine groups is 1. The summed E-state index contributed by atoms with van der Waals surface area (Å²) >= 11 is 0. The second kappa shape index (κ2) is 6.66. The predicted octanol–water partition coefficient (Wildman–Crippen LogP) is -0.923. The van der Waals surface area contributed by atoms with Gasteiger partial charge in [0.15, 0.2) is 0 Å². The molecule has 0 fully saturated rings. The van der Waals surface area contributed by atoms with Crippen LogP contribution in [0.3, 0.4) is 0 Å². The third kappa shape index (κ3) is 4.24. The first-order valence-corrected chi connectivity index (χ1v) is 6.99. The van der Waals surface area contributed by atoms with Crippen LogP contribution in [0.2, 0.25) is 0 Å². The molecule has 0 saturated heterocycles. The van der Waals surface area contributed by atoms with Crippen LogP contribution in [0, 0.1) is 11.8 Å². The van der Waals surface area contributed by atoms with Crippen molar-refractivity contribution in [1.29, 1.82) is 0 Å². The molecule has 0 bridgehead atoms. The lowest BCUT2D eigenvalue weighted by Gasteiger charge is -2.22. The lowest BCUT2D eigenvalue weighted by molar-refractivity contribution is -0.140. The smallest absolute Gasteiger partial charge is 0.246 e. The molecule has 0 aromatic heterocycles. The Morgan fingerprint density at radius 3 is 2.06 bits per heavy atom. The fourth-order valence-electron chi connectivity index (χ4n) is 1.08. The fraction of sp³-hybridized carbons (Fsp3) is 0.778. The number of nitrogens with one attached hydrogen (secondary N) is 2. The lowest BCUT2D eigenvalue weighted by Crippen LogP contribution is -2.48. The molecule has 9 heteroatoms. The maximum absolute atomic E-state index is 11.7. The van der Waals surface area contributed by atoms with Crippen LogP contribution in [0.15, 0.2) is 0 Å². The Morgan fingerprint density at radius 1 is 1.22 bits per heavy atom. The van der Waals surface area contributed by atoms with Gasteiger partial charge in [-0.2, -0.15) is 0 Å². The van der Waals surface area contributed by atoms with E-state index >= 15 is 0 Å². The molecule has 0 aromatic rings.